The Hall–Kier alpha value is -0.530. The van der Waals surface area contributed by atoms with Gasteiger partial charge >= 0.3 is 0 Å². The number of benzene rings is 1. The molecule has 4 nitrogen and oxygen atoms in total. The Morgan fingerprint density at radius 2 is 1.94 bits per heavy atom. The first-order chi connectivity index (χ1) is 8.63. The van der Waals surface area contributed by atoms with Crippen LogP contribution in [0.1, 0.15) is 25.5 Å². The summed E-state index contributed by atoms with van der Waals surface area (Å²) in [6, 6.07) is 4.09. The van der Waals surface area contributed by atoms with Gasteiger partial charge in [0, 0.05) is 23.2 Å². The number of hydrogen-bond donors (Lipinski definition) is 2. The van der Waals surface area contributed by atoms with Crippen LogP contribution < -0.4 is 11.3 Å². The maximum Gasteiger partial charge on any atom is 0.178 e. The molecule has 1 rings (SSSR count). The van der Waals surface area contributed by atoms with Crippen LogP contribution in [-0.2, 0) is 9.47 Å². The van der Waals surface area contributed by atoms with E-state index in [0.717, 1.165) is 4.47 Å². The van der Waals surface area contributed by atoms with E-state index in [1.807, 2.05) is 13.8 Å². The molecule has 0 amide bonds. The van der Waals surface area contributed by atoms with E-state index in [4.69, 9.17) is 15.3 Å². The van der Waals surface area contributed by atoms with E-state index < -0.39 is 12.3 Å². The van der Waals surface area contributed by atoms with E-state index in [0.29, 0.717) is 18.8 Å². The largest absolute Gasteiger partial charge is 0.351 e. The highest BCUT2D eigenvalue weighted by Gasteiger charge is 2.25. The zero-order valence-electron chi connectivity index (χ0n) is 10.5. The summed E-state index contributed by atoms with van der Waals surface area (Å²) in [5, 5.41) is 0. The summed E-state index contributed by atoms with van der Waals surface area (Å²) < 4.78 is 25.5. The van der Waals surface area contributed by atoms with Crippen LogP contribution in [-0.4, -0.2) is 19.5 Å². The Morgan fingerprint density at radius 3 is 2.44 bits per heavy atom. The van der Waals surface area contributed by atoms with Gasteiger partial charge in [0.1, 0.15) is 5.82 Å². The molecule has 0 aliphatic carbocycles. The Bertz CT molecular complexity index is 373. The van der Waals surface area contributed by atoms with Gasteiger partial charge in [0.2, 0.25) is 0 Å². The monoisotopic (exact) mass is 320 g/mol. The molecule has 18 heavy (non-hydrogen) atoms. The van der Waals surface area contributed by atoms with E-state index in [2.05, 4.69) is 21.4 Å². The van der Waals surface area contributed by atoms with Gasteiger partial charge in [-0.2, -0.15) is 0 Å². The molecule has 0 saturated heterocycles. The lowest BCUT2D eigenvalue weighted by molar-refractivity contribution is -0.155. The predicted octanol–water partition coefficient (Wildman–Crippen LogP) is 2.49. The number of nitrogens with one attached hydrogen (secondary N) is 1. The zero-order valence-corrected chi connectivity index (χ0v) is 12.0. The third-order valence-electron chi connectivity index (χ3n) is 2.41. The highest BCUT2D eigenvalue weighted by Crippen LogP contribution is 2.25. The number of ether oxygens (including phenoxy) is 2. The van der Waals surface area contributed by atoms with Crippen LogP contribution in [0.5, 0.6) is 0 Å². The Labute approximate surface area is 115 Å². The van der Waals surface area contributed by atoms with Gasteiger partial charge in [-0.1, -0.05) is 15.9 Å². The summed E-state index contributed by atoms with van der Waals surface area (Å²) in [4.78, 5) is 0. The van der Waals surface area contributed by atoms with Gasteiger partial charge in [0.15, 0.2) is 6.29 Å². The normalized spacial score (nSPS) is 13.0. The van der Waals surface area contributed by atoms with Crippen LogP contribution in [0.4, 0.5) is 4.39 Å². The summed E-state index contributed by atoms with van der Waals surface area (Å²) in [7, 11) is 0. The molecule has 1 aromatic rings. The van der Waals surface area contributed by atoms with Crippen LogP contribution in [0.3, 0.4) is 0 Å². The lowest BCUT2D eigenvalue weighted by Crippen LogP contribution is -2.40. The van der Waals surface area contributed by atoms with Crippen molar-refractivity contribution in [1.29, 1.82) is 0 Å². The second kappa shape index (κ2) is 7.81. The minimum atomic E-state index is -0.631. The second-order valence-electron chi connectivity index (χ2n) is 3.59. The Balaban J connectivity index is 3.01. The van der Waals surface area contributed by atoms with E-state index in [9.17, 15) is 4.39 Å². The highest BCUT2D eigenvalue weighted by molar-refractivity contribution is 9.10. The SMILES string of the molecule is CCOC(OCC)C(NN)c1cc(Br)ccc1F. The molecule has 1 unspecified atom stereocenters. The molecule has 6 heteroatoms. The zero-order chi connectivity index (χ0) is 13.5. The molecule has 0 saturated carbocycles. The van der Waals surface area contributed by atoms with Crippen molar-refractivity contribution in [1.82, 2.24) is 5.43 Å². The van der Waals surface area contributed by atoms with Gasteiger partial charge < -0.3 is 9.47 Å². The fourth-order valence-electron chi connectivity index (χ4n) is 1.64. The molecule has 0 aromatic heterocycles. The molecule has 0 heterocycles. The van der Waals surface area contributed by atoms with E-state index >= 15 is 0 Å². The minimum absolute atomic E-state index is 0.356. The van der Waals surface area contributed by atoms with Crippen molar-refractivity contribution in [2.75, 3.05) is 13.2 Å². The maximum absolute atomic E-state index is 13.8. The van der Waals surface area contributed by atoms with Gasteiger partial charge in [-0.3, -0.25) is 5.84 Å². The first-order valence-corrected chi connectivity index (χ1v) is 6.57. The van der Waals surface area contributed by atoms with Gasteiger partial charge in [-0.15, -0.1) is 0 Å². The number of rotatable bonds is 7. The van der Waals surface area contributed by atoms with Crippen LogP contribution in [0.2, 0.25) is 0 Å². The molecular weight excluding hydrogens is 303 g/mol. The number of hydrazine groups is 1. The van der Waals surface area contributed by atoms with E-state index in [-0.39, 0.29) is 5.82 Å². The summed E-state index contributed by atoms with van der Waals surface area (Å²) >= 11 is 3.30. The molecule has 102 valence electrons. The molecule has 0 fully saturated rings. The minimum Gasteiger partial charge on any atom is -0.351 e. The van der Waals surface area contributed by atoms with Crippen molar-refractivity contribution >= 4 is 15.9 Å². The third-order valence-corrected chi connectivity index (χ3v) is 2.90. The van der Waals surface area contributed by atoms with Crippen LogP contribution in [0.15, 0.2) is 22.7 Å². The second-order valence-corrected chi connectivity index (χ2v) is 4.50. The predicted molar refractivity (Wildman–Crippen MR) is 71.2 cm³/mol. The molecule has 1 aromatic carbocycles. The average molecular weight is 321 g/mol. The van der Waals surface area contributed by atoms with Crippen molar-refractivity contribution in [3.8, 4) is 0 Å². The van der Waals surface area contributed by atoms with Gasteiger partial charge in [-0.25, -0.2) is 9.82 Å². The first-order valence-electron chi connectivity index (χ1n) is 5.78. The van der Waals surface area contributed by atoms with Crippen molar-refractivity contribution in [3.05, 3.63) is 34.1 Å². The Kier molecular flexibility index (Phi) is 6.73. The summed E-state index contributed by atoms with van der Waals surface area (Å²) in [6.07, 6.45) is -0.631. The fourth-order valence-corrected chi connectivity index (χ4v) is 2.02. The summed E-state index contributed by atoms with van der Waals surface area (Å²) in [6.45, 7) is 4.60. The molecule has 0 aliphatic heterocycles. The molecule has 0 bridgehead atoms. The van der Waals surface area contributed by atoms with Crippen molar-refractivity contribution < 1.29 is 13.9 Å². The topological polar surface area (TPSA) is 56.5 Å². The molecule has 0 radical (unpaired) electrons. The maximum atomic E-state index is 13.8. The number of nitrogens with two attached hydrogens (primary N) is 1. The van der Waals surface area contributed by atoms with Gasteiger partial charge in [0.25, 0.3) is 0 Å². The van der Waals surface area contributed by atoms with Crippen LogP contribution in [0, 0.1) is 5.82 Å². The number of halogens is 2. The first kappa shape index (κ1) is 15.5. The van der Waals surface area contributed by atoms with Crippen LogP contribution >= 0.6 is 15.9 Å². The third kappa shape index (κ3) is 4.00. The summed E-state index contributed by atoms with van der Waals surface area (Å²) in [5.74, 6) is 5.14. The van der Waals surface area contributed by atoms with Crippen molar-refractivity contribution in [2.45, 2.75) is 26.2 Å². The molecule has 3 N–H and O–H groups in total. The standard InChI is InChI=1S/C12H18BrFN2O2/c1-3-17-12(18-4-2)11(16-15)9-7-8(13)5-6-10(9)14/h5-7,11-12,16H,3-4,15H2,1-2H3. The van der Waals surface area contributed by atoms with Gasteiger partial charge in [0.05, 0.1) is 6.04 Å². The number of hydrogen-bond acceptors (Lipinski definition) is 4. The molecule has 0 aliphatic rings. The lowest BCUT2D eigenvalue weighted by Gasteiger charge is -2.26. The van der Waals surface area contributed by atoms with E-state index in [1.54, 1.807) is 12.1 Å². The molecule has 1 atom stereocenters. The van der Waals surface area contributed by atoms with E-state index in [1.165, 1.54) is 6.07 Å². The fraction of sp³-hybridized carbons (Fsp3) is 0.500. The van der Waals surface area contributed by atoms with Crippen molar-refractivity contribution in [3.63, 3.8) is 0 Å². The van der Waals surface area contributed by atoms with Gasteiger partial charge in [-0.05, 0) is 32.0 Å². The summed E-state index contributed by atoms with van der Waals surface area (Å²) in [5.41, 5.74) is 2.95. The quantitative estimate of drug-likeness (QED) is 0.460. The molecular formula is C12H18BrFN2O2. The lowest BCUT2D eigenvalue weighted by atomic mass is 10.1. The Morgan fingerprint density at radius 1 is 1.33 bits per heavy atom. The average Bonchev–Trinajstić information content (AvgIpc) is 2.35. The van der Waals surface area contributed by atoms with Crippen LogP contribution in [0.25, 0.3) is 0 Å². The molecule has 0 spiro atoms. The smallest absolute Gasteiger partial charge is 0.178 e. The van der Waals surface area contributed by atoms with Crippen molar-refractivity contribution in [2.24, 2.45) is 5.84 Å². The highest BCUT2D eigenvalue weighted by atomic mass is 79.9.